The molecule has 0 amide bonds. The molecule has 1 aromatic carbocycles. The average molecular weight is 454 g/mol. The molecule has 0 bridgehead atoms. The lowest BCUT2D eigenvalue weighted by atomic mass is 9.84. The molecule has 0 saturated heterocycles. The van der Waals surface area contributed by atoms with E-state index in [1.165, 1.54) is 31.4 Å². The van der Waals surface area contributed by atoms with Crippen LogP contribution in [-0.4, -0.2) is 27.2 Å². The number of anilines is 1. The van der Waals surface area contributed by atoms with Crippen LogP contribution < -0.4 is 5.32 Å². The van der Waals surface area contributed by atoms with Crippen LogP contribution in [-0.2, 0) is 17.8 Å². The minimum absolute atomic E-state index is 0.0121. The highest BCUT2D eigenvalue weighted by Gasteiger charge is 2.30. The topological polar surface area (TPSA) is 64.0 Å². The summed E-state index contributed by atoms with van der Waals surface area (Å²) < 4.78 is 15.5. The number of hydrogen-bond donors (Lipinski definition) is 1. The van der Waals surface area contributed by atoms with E-state index < -0.39 is 0 Å². The van der Waals surface area contributed by atoms with Crippen molar-refractivity contribution in [2.45, 2.75) is 90.6 Å². The van der Waals surface area contributed by atoms with E-state index in [2.05, 4.69) is 12.2 Å². The summed E-state index contributed by atoms with van der Waals surface area (Å²) in [4.78, 5) is 31.2. The molecule has 2 unspecified atom stereocenters. The lowest BCUT2D eigenvalue weighted by Crippen LogP contribution is -2.26. The molecule has 1 fully saturated rings. The zero-order chi connectivity index (χ0) is 23.4. The molecule has 178 valence electrons. The van der Waals surface area contributed by atoms with Crippen molar-refractivity contribution in [3.8, 4) is 0 Å². The zero-order valence-corrected chi connectivity index (χ0v) is 19.9. The SMILES string of the molecule is CCC1CCc2nc(NC3CCCCC3)n(Cc3ccc(F)cc3)c2C(=O)CCC(C)C1=O. The van der Waals surface area contributed by atoms with Crippen molar-refractivity contribution >= 4 is 17.5 Å². The van der Waals surface area contributed by atoms with E-state index in [9.17, 15) is 14.0 Å². The minimum Gasteiger partial charge on any atom is -0.353 e. The fraction of sp³-hybridized carbons (Fsp3) is 0.593. The van der Waals surface area contributed by atoms with Gasteiger partial charge in [0.2, 0.25) is 5.95 Å². The zero-order valence-electron chi connectivity index (χ0n) is 19.9. The fourth-order valence-electron chi connectivity index (χ4n) is 5.32. The van der Waals surface area contributed by atoms with Crippen molar-refractivity contribution in [1.29, 1.82) is 0 Å². The quantitative estimate of drug-likeness (QED) is 0.607. The summed E-state index contributed by atoms with van der Waals surface area (Å²) in [5, 5.41) is 3.63. The Balaban J connectivity index is 1.72. The second-order valence-electron chi connectivity index (χ2n) is 9.83. The maximum absolute atomic E-state index is 13.5. The molecule has 33 heavy (non-hydrogen) atoms. The van der Waals surface area contributed by atoms with Gasteiger partial charge in [-0.05, 0) is 56.2 Å². The van der Waals surface area contributed by atoms with Crippen LogP contribution in [0.4, 0.5) is 10.3 Å². The number of carbonyl (C=O) groups is 2. The standard InChI is InChI=1S/C27H36FN3O2/c1-3-20-12-15-23-25(24(32)16-9-18(2)26(20)33)31(17-19-10-13-21(28)14-11-19)27(30-23)29-22-7-5-4-6-8-22/h10-11,13-14,18,20,22H,3-9,12,15-17H2,1-2H3,(H,29,30). The van der Waals surface area contributed by atoms with E-state index in [1.54, 1.807) is 12.1 Å². The number of hydrogen-bond acceptors (Lipinski definition) is 4. The Morgan fingerprint density at radius 3 is 2.45 bits per heavy atom. The monoisotopic (exact) mass is 453 g/mol. The highest BCUT2D eigenvalue weighted by molar-refractivity contribution is 5.97. The summed E-state index contributed by atoms with van der Waals surface area (Å²) in [5.41, 5.74) is 2.39. The highest BCUT2D eigenvalue weighted by atomic mass is 19.1. The first-order chi connectivity index (χ1) is 16.0. The van der Waals surface area contributed by atoms with Crippen molar-refractivity contribution in [2.24, 2.45) is 11.8 Å². The molecule has 0 aliphatic heterocycles. The van der Waals surface area contributed by atoms with Gasteiger partial charge in [0, 0.05) is 24.3 Å². The van der Waals surface area contributed by atoms with Crippen molar-refractivity contribution in [3.05, 3.63) is 47.0 Å². The molecule has 2 aliphatic carbocycles. The van der Waals surface area contributed by atoms with Crippen molar-refractivity contribution in [1.82, 2.24) is 9.55 Å². The number of aryl methyl sites for hydroxylation is 1. The summed E-state index contributed by atoms with van der Waals surface area (Å²) >= 11 is 0. The second-order valence-corrected chi connectivity index (χ2v) is 9.83. The van der Waals surface area contributed by atoms with Gasteiger partial charge in [0.1, 0.15) is 17.3 Å². The van der Waals surface area contributed by atoms with Gasteiger partial charge in [-0.15, -0.1) is 0 Å². The molecule has 2 aromatic rings. The van der Waals surface area contributed by atoms with Crippen LogP contribution in [0.25, 0.3) is 0 Å². The third kappa shape index (κ3) is 5.53. The molecule has 0 radical (unpaired) electrons. The number of rotatable bonds is 5. The first-order valence-corrected chi connectivity index (χ1v) is 12.6. The molecular weight excluding hydrogens is 417 g/mol. The van der Waals surface area contributed by atoms with Crippen LogP contribution in [0.5, 0.6) is 0 Å². The molecule has 2 atom stereocenters. The Labute approximate surface area is 196 Å². The molecular formula is C27H36FN3O2. The van der Waals surface area contributed by atoms with Gasteiger partial charge in [-0.2, -0.15) is 0 Å². The van der Waals surface area contributed by atoms with Crippen LogP contribution in [0.1, 0.15) is 93.4 Å². The molecule has 1 N–H and O–H groups in total. The number of fused-ring (bicyclic) bond motifs is 1. The Morgan fingerprint density at radius 2 is 1.76 bits per heavy atom. The lowest BCUT2D eigenvalue weighted by Gasteiger charge is -2.24. The number of benzene rings is 1. The molecule has 0 spiro atoms. The van der Waals surface area contributed by atoms with Crippen LogP contribution in [0.3, 0.4) is 0 Å². The molecule has 2 aliphatic rings. The van der Waals surface area contributed by atoms with Crippen LogP contribution in [0, 0.1) is 17.7 Å². The number of nitrogens with one attached hydrogen (secondary N) is 1. The third-order valence-corrected chi connectivity index (χ3v) is 7.41. The van der Waals surface area contributed by atoms with E-state index in [-0.39, 0.29) is 29.2 Å². The molecule has 6 heteroatoms. The molecule has 1 aromatic heterocycles. The number of carbonyl (C=O) groups excluding carboxylic acids is 2. The van der Waals surface area contributed by atoms with E-state index in [0.29, 0.717) is 37.5 Å². The smallest absolute Gasteiger partial charge is 0.204 e. The van der Waals surface area contributed by atoms with Gasteiger partial charge in [0.05, 0.1) is 12.2 Å². The summed E-state index contributed by atoms with van der Waals surface area (Å²) in [6.45, 7) is 4.48. The predicted molar refractivity (Wildman–Crippen MR) is 128 cm³/mol. The van der Waals surface area contributed by atoms with Crippen LogP contribution in [0.15, 0.2) is 24.3 Å². The first kappa shape index (κ1) is 23.7. The predicted octanol–water partition coefficient (Wildman–Crippen LogP) is 5.96. The Bertz CT molecular complexity index is 976. The number of halogens is 1. The van der Waals surface area contributed by atoms with Gasteiger partial charge < -0.3 is 9.88 Å². The number of nitrogens with zero attached hydrogens (tertiary/aromatic N) is 2. The fourth-order valence-corrected chi connectivity index (χ4v) is 5.32. The summed E-state index contributed by atoms with van der Waals surface area (Å²) in [5.74, 6) is 0.697. The first-order valence-electron chi connectivity index (χ1n) is 12.6. The Morgan fingerprint density at radius 1 is 1.03 bits per heavy atom. The van der Waals surface area contributed by atoms with E-state index in [1.807, 2.05) is 11.5 Å². The van der Waals surface area contributed by atoms with Crippen LogP contribution in [0.2, 0.25) is 0 Å². The van der Waals surface area contributed by atoms with Gasteiger partial charge in [-0.1, -0.05) is 45.2 Å². The summed E-state index contributed by atoms with van der Waals surface area (Å²) in [7, 11) is 0. The number of Topliss-reactive ketones (excluding diaryl/α,β-unsaturated/α-hetero) is 2. The van der Waals surface area contributed by atoms with Gasteiger partial charge in [-0.25, -0.2) is 9.37 Å². The van der Waals surface area contributed by atoms with Crippen molar-refractivity contribution < 1.29 is 14.0 Å². The maximum atomic E-state index is 13.5. The molecule has 5 nitrogen and oxygen atoms in total. The maximum Gasteiger partial charge on any atom is 0.204 e. The van der Waals surface area contributed by atoms with E-state index >= 15 is 0 Å². The van der Waals surface area contributed by atoms with Crippen molar-refractivity contribution in [3.63, 3.8) is 0 Å². The van der Waals surface area contributed by atoms with Gasteiger partial charge >= 0.3 is 0 Å². The van der Waals surface area contributed by atoms with Crippen molar-refractivity contribution in [2.75, 3.05) is 5.32 Å². The lowest BCUT2D eigenvalue weighted by molar-refractivity contribution is -0.126. The molecule has 4 rings (SSSR count). The number of imidazole rings is 1. The van der Waals surface area contributed by atoms with E-state index in [0.717, 1.165) is 42.9 Å². The Kier molecular flexibility index (Phi) is 7.61. The minimum atomic E-state index is -0.270. The second kappa shape index (κ2) is 10.6. The average Bonchev–Trinajstić information content (AvgIpc) is 3.15. The third-order valence-electron chi connectivity index (χ3n) is 7.41. The number of ketones is 2. The molecule has 1 saturated carbocycles. The molecule has 1 heterocycles. The summed E-state index contributed by atoms with van der Waals surface area (Å²) in [6, 6.07) is 6.81. The van der Waals surface area contributed by atoms with Gasteiger partial charge in [0.15, 0.2) is 5.78 Å². The Hall–Kier alpha value is -2.50. The largest absolute Gasteiger partial charge is 0.353 e. The number of aromatic nitrogens is 2. The van der Waals surface area contributed by atoms with Gasteiger partial charge in [0.25, 0.3) is 0 Å². The van der Waals surface area contributed by atoms with Gasteiger partial charge in [-0.3, -0.25) is 9.59 Å². The summed E-state index contributed by atoms with van der Waals surface area (Å²) in [6.07, 6.45) is 8.94. The van der Waals surface area contributed by atoms with E-state index in [4.69, 9.17) is 4.98 Å². The normalized spacial score (nSPS) is 22.8. The van der Waals surface area contributed by atoms with Crippen LogP contribution >= 0.6 is 0 Å². The highest BCUT2D eigenvalue weighted by Crippen LogP contribution is 2.29.